The predicted molar refractivity (Wildman–Crippen MR) is 95.1 cm³/mol. The molecule has 1 N–H and O–H groups in total. The number of carbonyl (C=O) groups excluding carboxylic acids is 1. The molecule has 1 atom stereocenters. The quantitative estimate of drug-likeness (QED) is 0.677. The van der Waals surface area contributed by atoms with Gasteiger partial charge in [-0.25, -0.2) is 0 Å². The Balaban J connectivity index is 1.55. The van der Waals surface area contributed by atoms with E-state index in [1.165, 1.54) is 17.3 Å². The summed E-state index contributed by atoms with van der Waals surface area (Å²) in [5.74, 6) is 1.02. The molecule has 0 bridgehead atoms. The minimum atomic E-state index is -0.343. The summed E-state index contributed by atoms with van der Waals surface area (Å²) in [7, 11) is 0. The monoisotopic (exact) mass is 357 g/mol. The summed E-state index contributed by atoms with van der Waals surface area (Å²) in [5.41, 5.74) is 3.02. The second-order valence-electron chi connectivity index (χ2n) is 5.73. The topological polar surface area (TPSA) is 81.2 Å². The average molecular weight is 357 g/mol. The first-order valence-corrected chi connectivity index (χ1v) is 8.79. The summed E-state index contributed by atoms with van der Waals surface area (Å²) in [5, 5.41) is 10.9. The standard InChI is InChI=1S/C18H19N3O3S/c1-11-4-6-14(7-5-11)10-19-16(22)13(3)25-18-21-20-17(24-18)15-8-9-23-12(15)2/h4-9,13H,10H2,1-3H3,(H,19,22)/t13-/m0/s1. The number of aromatic nitrogens is 2. The summed E-state index contributed by atoms with van der Waals surface area (Å²) >= 11 is 1.23. The van der Waals surface area contributed by atoms with Crippen LogP contribution in [0.5, 0.6) is 0 Å². The number of benzene rings is 1. The van der Waals surface area contributed by atoms with Crippen molar-refractivity contribution in [1.82, 2.24) is 15.5 Å². The maximum Gasteiger partial charge on any atom is 0.277 e. The highest BCUT2D eigenvalue weighted by Crippen LogP contribution is 2.28. The minimum absolute atomic E-state index is 0.0789. The van der Waals surface area contributed by atoms with E-state index in [4.69, 9.17) is 8.83 Å². The van der Waals surface area contributed by atoms with Crippen molar-refractivity contribution in [2.45, 2.75) is 37.8 Å². The third-order valence-corrected chi connectivity index (χ3v) is 4.66. The Morgan fingerprint density at radius 1 is 1.20 bits per heavy atom. The Labute approximate surface area is 150 Å². The fourth-order valence-corrected chi connectivity index (χ4v) is 2.92. The second kappa shape index (κ2) is 7.57. The highest BCUT2D eigenvalue weighted by Gasteiger charge is 2.19. The van der Waals surface area contributed by atoms with Crippen molar-refractivity contribution in [1.29, 1.82) is 0 Å². The zero-order valence-electron chi connectivity index (χ0n) is 14.3. The first-order chi connectivity index (χ1) is 12.0. The molecule has 0 aliphatic heterocycles. The molecule has 130 valence electrons. The summed E-state index contributed by atoms with van der Waals surface area (Å²) < 4.78 is 10.8. The number of carbonyl (C=O) groups is 1. The van der Waals surface area contributed by atoms with Gasteiger partial charge in [-0.05, 0) is 32.4 Å². The number of nitrogens with zero attached hydrogens (tertiary/aromatic N) is 2. The number of hydrogen-bond acceptors (Lipinski definition) is 6. The lowest BCUT2D eigenvalue weighted by Crippen LogP contribution is -2.30. The molecular formula is C18H19N3O3S. The lowest BCUT2D eigenvalue weighted by molar-refractivity contribution is -0.120. The van der Waals surface area contributed by atoms with E-state index in [0.717, 1.165) is 11.1 Å². The van der Waals surface area contributed by atoms with Crippen LogP contribution in [0.15, 0.2) is 50.7 Å². The maximum absolute atomic E-state index is 12.2. The fraction of sp³-hybridized carbons (Fsp3) is 0.278. The van der Waals surface area contributed by atoms with E-state index in [0.29, 0.717) is 23.4 Å². The van der Waals surface area contributed by atoms with E-state index in [9.17, 15) is 4.79 Å². The van der Waals surface area contributed by atoms with Gasteiger partial charge in [0.1, 0.15) is 5.76 Å². The van der Waals surface area contributed by atoms with Gasteiger partial charge in [0.05, 0.1) is 17.1 Å². The fourth-order valence-electron chi connectivity index (χ4n) is 2.22. The number of hydrogen-bond donors (Lipinski definition) is 1. The number of amides is 1. The molecule has 0 spiro atoms. The van der Waals surface area contributed by atoms with E-state index in [2.05, 4.69) is 15.5 Å². The van der Waals surface area contributed by atoms with Crippen LogP contribution in [0.4, 0.5) is 0 Å². The van der Waals surface area contributed by atoms with Gasteiger partial charge in [-0.2, -0.15) is 0 Å². The van der Waals surface area contributed by atoms with Crippen molar-refractivity contribution in [3.8, 4) is 11.5 Å². The molecule has 2 aromatic heterocycles. The summed E-state index contributed by atoms with van der Waals surface area (Å²) in [6.45, 7) is 6.16. The first kappa shape index (κ1) is 17.3. The third kappa shape index (κ3) is 4.30. The van der Waals surface area contributed by atoms with E-state index >= 15 is 0 Å². The van der Waals surface area contributed by atoms with Crippen molar-refractivity contribution in [3.63, 3.8) is 0 Å². The average Bonchev–Trinajstić information content (AvgIpc) is 3.22. The lowest BCUT2D eigenvalue weighted by atomic mass is 10.1. The van der Waals surface area contributed by atoms with Crippen molar-refractivity contribution >= 4 is 17.7 Å². The van der Waals surface area contributed by atoms with Gasteiger partial charge < -0.3 is 14.2 Å². The van der Waals surface area contributed by atoms with Gasteiger partial charge in [0.2, 0.25) is 5.91 Å². The first-order valence-electron chi connectivity index (χ1n) is 7.91. The number of nitrogens with one attached hydrogen (secondary N) is 1. The Morgan fingerprint density at radius 3 is 2.64 bits per heavy atom. The molecule has 7 heteroatoms. The summed E-state index contributed by atoms with van der Waals surface area (Å²) in [4.78, 5) is 12.2. The zero-order valence-corrected chi connectivity index (χ0v) is 15.1. The molecule has 0 unspecified atom stereocenters. The van der Waals surface area contributed by atoms with Gasteiger partial charge in [0.15, 0.2) is 0 Å². The molecule has 1 aromatic carbocycles. The van der Waals surface area contributed by atoms with Crippen LogP contribution in [0.2, 0.25) is 0 Å². The molecule has 2 heterocycles. The number of aryl methyl sites for hydroxylation is 2. The van der Waals surface area contributed by atoms with Gasteiger partial charge in [-0.1, -0.05) is 41.6 Å². The molecule has 0 saturated heterocycles. The second-order valence-corrected chi connectivity index (χ2v) is 7.02. The number of thioether (sulfide) groups is 1. The van der Waals surface area contributed by atoms with Crippen LogP contribution >= 0.6 is 11.8 Å². The van der Waals surface area contributed by atoms with Gasteiger partial charge in [-0.3, -0.25) is 4.79 Å². The maximum atomic E-state index is 12.2. The zero-order chi connectivity index (χ0) is 17.8. The molecule has 0 aliphatic carbocycles. The van der Waals surface area contributed by atoms with E-state index in [1.807, 2.05) is 45.0 Å². The summed E-state index contributed by atoms with van der Waals surface area (Å²) in [6.07, 6.45) is 1.57. The molecule has 25 heavy (non-hydrogen) atoms. The van der Waals surface area contributed by atoms with Crippen LogP contribution in [0.3, 0.4) is 0 Å². The van der Waals surface area contributed by atoms with Crippen LogP contribution in [0.25, 0.3) is 11.5 Å². The van der Waals surface area contributed by atoms with E-state index in [-0.39, 0.29) is 11.2 Å². The van der Waals surface area contributed by atoms with E-state index in [1.54, 1.807) is 12.3 Å². The highest BCUT2D eigenvalue weighted by molar-refractivity contribution is 8.00. The lowest BCUT2D eigenvalue weighted by Gasteiger charge is -2.10. The molecular weight excluding hydrogens is 338 g/mol. The van der Waals surface area contributed by atoms with Crippen LogP contribution in [0, 0.1) is 13.8 Å². The van der Waals surface area contributed by atoms with Crippen molar-refractivity contribution in [2.75, 3.05) is 0 Å². The SMILES string of the molecule is Cc1ccc(CNC(=O)[C@H](C)Sc2nnc(-c3ccoc3C)o2)cc1. The van der Waals surface area contributed by atoms with Crippen molar-refractivity contribution in [3.05, 3.63) is 53.5 Å². The van der Waals surface area contributed by atoms with Gasteiger partial charge in [0, 0.05) is 6.54 Å². The molecule has 0 aliphatic rings. The van der Waals surface area contributed by atoms with Crippen LogP contribution in [-0.2, 0) is 11.3 Å². The molecule has 0 fully saturated rings. The third-order valence-electron chi connectivity index (χ3n) is 3.73. The van der Waals surface area contributed by atoms with Crippen LogP contribution in [0.1, 0.15) is 23.8 Å². The van der Waals surface area contributed by atoms with E-state index < -0.39 is 0 Å². The van der Waals surface area contributed by atoms with Crippen molar-refractivity contribution < 1.29 is 13.6 Å². The van der Waals surface area contributed by atoms with Gasteiger partial charge in [0.25, 0.3) is 11.1 Å². The highest BCUT2D eigenvalue weighted by atomic mass is 32.2. The predicted octanol–water partition coefficient (Wildman–Crippen LogP) is 3.74. The molecule has 1 amide bonds. The smallest absolute Gasteiger partial charge is 0.277 e. The molecule has 3 rings (SSSR count). The summed E-state index contributed by atoms with van der Waals surface area (Å²) in [6, 6.07) is 9.83. The minimum Gasteiger partial charge on any atom is -0.469 e. The van der Waals surface area contributed by atoms with Crippen molar-refractivity contribution in [2.24, 2.45) is 0 Å². The Morgan fingerprint density at radius 2 is 1.96 bits per heavy atom. The molecule has 3 aromatic rings. The van der Waals surface area contributed by atoms with Crippen LogP contribution in [-0.4, -0.2) is 21.4 Å². The molecule has 0 saturated carbocycles. The number of rotatable bonds is 6. The largest absolute Gasteiger partial charge is 0.469 e. The Bertz CT molecular complexity index is 855. The Kier molecular flexibility index (Phi) is 5.23. The normalized spacial score (nSPS) is 12.1. The molecule has 6 nitrogen and oxygen atoms in total. The molecule has 0 radical (unpaired) electrons. The van der Waals surface area contributed by atoms with Crippen LogP contribution < -0.4 is 5.32 Å². The van der Waals surface area contributed by atoms with Gasteiger partial charge >= 0.3 is 0 Å². The van der Waals surface area contributed by atoms with Gasteiger partial charge in [-0.15, -0.1) is 10.2 Å². The Hall–Kier alpha value is -2.54. The number of furan rings is 1.